The number of hydrogen-bond donors (Lipinski definition) is 0. The summed E-state index contributed by atoms with van der Waals surface area (Å²) < 4.78 is 8.57. The fourth-order valence-corrected chi connectivity index (χ4v) is 4.85. The van der Waals surface area contributed by atoms with Crippen LogP contribution in [0.25, 0.3) is 10.8 Å². The lowest BCUT2D eigenvalue weighted by Crippen LogP contribution is -2.48. The quantitative estimate of drug-likeness (QED) is 0.373. The summed E-state index contributed by atoms with van der Waals surface area (Å²) in [6, 6.07) is 23.4. The van der Waals surface area contributed by atoms with E-state index in [4.69, 9.17) is 4.74 Å². The first-order valence-electron chi connectivity index (χ1n) is 12.4. The van der Waals surface area contributed by atoms with Crippen molar-refractivity contribution in [1.82, 2.24) is 14.5 Å². The molecule has 0 spiro atoms. The monoisotopic (exact) mass is 468 g/mol. The lowest BCUT2D eigenvalue weighted by atomic mass is 9.99. The highest BCUT2D eigenvalue weighted by Gasteiger charge is 2.19. The molecule has 180 valence electrons. The van der Waals surface area contributed by atoms with Crippen LogP contribution in [0.3, 0.4) is 0 Å². The van der Waals surface area contributed by atoms with Gasteiger partial charge in [0.05, 0.1) is 12.9 Å². The Hall–Kier alpha value is -3.80. The van der Waals surface area contributed by atoms with E-state index in [0.29, 0.717) is 0 Å². The number of benzene rings is 3. The number of anilines is 1. The fraction of sp³-hybridized carbons (Fsp3) is 0.310. The van der Waals surface area contributed by atoms with Crippen molar-refractivity contribution in [1.29, 1.82) is 0 Å². The second-order valence-electron chi connectivity index (χ2n) is 9.16. The zero-order chi connectivity index (χ0) is 24.0. The minimum atomic E-state index is 0.0214. The van der Waals surface area contributed by atoms with Crippen LogP contribution in [0, 0.1) is 0 Å². The lowest BCUT2D eigenvalue weighted by molar-refractivity contribution is -0.129. The number of piperazine rings is 1. The van der Waals surface area contributed by atoms with Gasteiger partial charge in [0, 0.05) is 51.2 Å². The molecule has 0 saturated carbocycles. The SMILES string of the molecule is CC(=O)N1CCN(c2ccc(OC(CCc3cccc4ccccc34)Cn3ccnc3)cc2)CC1. The smallest absolute Gasteiger partial charge is 0.219 e. The average molecular weight is 469 g/mol. The molecule has 4 aromatic rings. The van der Waals surface area contributed by atoms with Gasteiger partial charge in [-0.25, -0.2) is 4.98 Å². The van der Waals surface area contributed by atoms with Crippen molar-refractivity contribution in [3.63, 3.8) is 0 Å². The van der Waals surface area contributed by atoms with Gasteiger partial charge < -0.3 is 19.1 Å². The van der Waals surface area contributed by atoms with Gasteiger partial charge in [0.15, 0.2) is 0 Å². The van der Waals surface area contributed by atoms with Crippen LogP contribution in [0.2, 0.25) is 0 Å². The van der Waals surface area contributed by atoms with Gasteiger partial charge in [-0.3, -0.25) is 4.79 Å². The summed E-state index contributed by atoms with van der Waals surface area (Å²) in [5.41, 5.74) is 2.52. The highest BCUT2D eigenvalue weighted by Crippen LogP contribution is 2.24. The van der Waals surface area contributed by atoms with Crippen LogP contribution in [0.5, 0.6) is 5.75 Å². The van der Waals surface area contributed by atoms with Crippen molar-refractivity contribution < 1.29 is 9.53 Å². The van der Waals surface area contributed by atoms with Gasteiger partial charge in [0.2, 0.25) is 5.91 Å². The zero-order valence-corrected chi connectivity index (χ0v) is 20.2. The van der Waals surface area contributed by atoms with Gasteiger partial charge >= 0.3 is 0 Å². The summed E-state index contributed by atoms with van der Waals surface area (Å²) in [6.45, 7) is 5.65. The highest BCUT2D eigenvalue weighted by molar-refractivity contribution is 5.85. The van der Waals surface area contributed by atoms with Crippen LogP contribution in [0.1, 0.15) is 18.9 Å². The van der Waals surface area contributed by atoms with E-state index in [1.165, 1.54) is 22.0 Å². The molecule has 1 aliphatic rings. The van der Waals surface area contributed by atoms with E-state index in [2.05, 4.69) is 81.2 Å². The van der Waals surface area contributed by atoms with Crippen LogP contribution in [0.4, 0.5) is 5.69 Å². The molecule has 2 heterocycles. The van der Waals surface area contributed by atoms with E-state index in [9.17, 15) is 4.79 Å². The summed E-state index contributed by atoms with van der Waals surface area (Å²) in [4.78, 5) is 20.0. The Balaban J connectivity index is 1.26. The maximum Gasteiger partial charge on any atom is 0.219 e. The summed E-state index contributed by atoms with van der Waals surface area (Å²) in [7, 11) is 0. The van der Waals surface area contributed by atoms with Crippen molar-refractivity contribution in [3.8, 4) is 5.75 Å². The molecule has 0 N–H and O–H groups in total. The summed E-state index contributed by atoms with van der Waals surface area (Å²) in [6.07, 6.45) is 7.51. The molecule has 1 aliphatic heterocycles. The number of nitrogens with zero attached hydrogens (tertiary/aromatic N) is 4. The molecule has 0 radical (unpaired) electrons. The number of fused-ring (bicyclic) bond motifs is 1. The predicted molar refractivity (Wildman–Crippen MR) is 140 cm³/mol. The third kappa shape index (κ3) is 5.65. The Labute approximate surface area is 206 Å². The van der Waals surface area contributed by atoms with Crippen molar-refractivity contribution in [2.75, 3.05) is 31.1 Å². The van der Waals surface area contributed by atoms with Crippen molar-refractivity contribution in [2.24, 2.45) is 0 Å². The first-order chi connectivity index (χ1) is 17.2. The van der Waals surface area contributed by atoms with E-state index < -0.39 is 0 Å². The Morgan fingerprint density at radius 1 is 0.971 bits per heavy atom. The summed E-state index contributed by atoms with van der Waals surface area (Å²) >= 11 is 0. The Bertz CT molecular complexity index is 1240. The molecular formula is C29H32N4O2. The van der Waals surface area contributed by atoms with Crippen molar-refractivity contribution in [3.05, 3.63) is 91.0 Å². The minimum Gasteiger partial charge on any atom is -0.489 e. The fourth-order valence-electron chi connectivity index (χ4n) is 4.85. The molecule has 1 saturated heterocycles. The Morgan fingerprint density at radius 3 is 2.49 bits per heavy atom. The Kier molecular flexibility index (Phi) is 6.98. The van der Waals surface area contributed by atoms with Crippen LogP contribution in [-0.2, 0) is 17.8 Å². The van der Waals surface area contributed by atoms with E-state index in [0.717, 1.165) is 51.3 Å². The molecule has 1 aromatic heterocycles. The van der Waals surface area contributed by atoms with Crippen LogP contribution in [0.15, 0.2) is 85.5 Å². The third-order valence-electron chi connectivity index (χ3n) is 6.82. The topological polar surface area (TPSA) is 50.6 Å². The number of carbonyl (C=O) groups is 1. The van der Waals surface area contributed by atoms with E-state index in [-0.39, 0.29) is 12.0 Å². The second-order valence-corrected chi connectivity index (χ2v) is 9.16. The Morgan fingerprint density at radius 2 is 1.74 bits per heavy atom. The van der Waals surface area contributed by atoms with Gasteiger partial charge in [-0.1, -0.05) is 42.5 Å². The number of aryl methyl sites for hydroxylation is 1. The maximum atomic E-state index is 11.6. The van der Waals surface area contributed by atoms with Gasteiger partial charge in [0.25, 0.3) is 0 Å². The highest BCUT2D eigenvalue weighted by atomic mass is 16.5. The molecule has 35 heavy (non-hydrogen) atoms. The molecule has 1 atom stereocenters. The van der Waals surface area contributed by atoms with E-state index >= 15 is 0 Å². The normalized spacial score (nSPS) is 14.8. The minimum absolute atomic E-state index is 0.0214. The van der Waals surface area contributed by atoms with Crippen molar-refractivity contribution in [2.45, 2.75) is 32.4 Å². The number of rotatable bonds is 8. The van der Waals surface area contributed by atoms with Crippen molar-refractivity contribution >= 4 is 22.4 Å². The molecule has 0 aliphatic carbocycles. The van der Waals surface area contributed by atoms with Crippen LogP contribution >= 0.6 is 0 Å². The molecule has 1 fully saturated rings. The zero-order valence-electron chi connectivity index (χ0n) is 20.2. The summed E-state index contributed by atoms with van der Waals surface area (Å²) in [5, 5.41) is 2.59. The first kappa shape index (κ1) is 23.0. The van der Waals surface area contributed by atoms with Gasteiger partial charge in [-0.15, -0.1) is 0 Å². The van der Waals surface area contributed by atoms with Gasteiger partial charge in [-0.2, -0.15) is 0 Å². The number of hydrogen-bond acceptors (Lipinski definition) is 4. The van der Waals surface area contributed by atoms with E-state index in [1.807, 2.05) is 23.6 Å². The number of ether oxygens (including phenoxy) is 1. The second kappa shape index (κ2) is 10.6. The standard InChI is InChI=1S/C29H32N4O2/c1-23(34)32-17-19-33(20-18-32)26-10-13-27(14-11-26)35-28(21-31-16-15-30-22-31)12-9-25-7-4-6-24-5-2-3-8-29(24)25/h2-8,10-11,13-16,22,28H,9,12,17-21H2,1H3. The number of aromatic nitrogens is 2. The van der Waals surface area contributed by atoms with Gasteiger partial charge in [-0.05, 0) is 53.4 Å². The number of imidazole rings is 1. The molecule has 6 heteroatoms. The molecule has 1 unspecified atom stereocenters. The number of carbonyl (C=O) groups excluding carboxylic acids is 1. The molecule has 6 nitrogen and oxygen atoms in total. The summed E-state index contributed by atoms with van der Waals surface area (Å²) in [5.74, 6) is 1.03. The molecule has 3 aromatic carbocycles. The molecule has 0 bridgehead atoms. The van der Waals surface area contributed by atoms with Crippen LogP contribution in [-0.4, -0.2) is 52.6 Å². The third-order valence-corrected chi connectivity index (χ3v) is 6.82. The maximum absolute atomic E-state index is 11.6. The van der Waals surface area contributed by atoms with Crippen LogP contribution < -0.4 is 9.64 Å². The predicted octanol–water partition coefficient (Wildman–Crippen LogP) is 4.79. The first-order valence-corrected chi connectivity index (χ1v) is 12.4. The van der Waals surface area contributed by atoms with Gasteiger partial charge in [0.1, 0.15) is 11.9 Å². The average Bonchev–Trinajstić information content (AvgIpc) is 3.41. The molecule has 5 rings (SSSR count). The molecule has 1 amide bonds. The largest absolute Gasteiger partial charge is 0.489 e. The lowest BCUT2D eigenvalue weighted by Gasteiger charge is -2.35. The molecular weight excluding hydrogens is 436 g/mol. The van der Waals surface area contributed by atoms with E-state index in [1.54, 1.807) is 6.92 Å². The number of amides is 1.